The largest absolute Gasteiger partial charge is 0.390 e. The SMILES string of the molecule is CCCNC1=[N+](CC(C)C)C2C(=O)N(C)C(=O)N(C)C2=N1. The maximum atomic E-state index is 12.5. The summed E-state index contributed by atoms with van der Waals surface area (Å²) in [7, 11) is 3.18. The molecule has 0 saturated carbocycles. The predicted octanol–water partition coefficient (Wildman–Crippen LogP) is 0.315. The van der Waals surface area contributed by atoms with Crippen LogP contribution in [0.5, 0.6) is 0 Å². The lowest BCUT2D eigenvalue weighted by atomic mass is 10.1. The third-order valence-corrected chi connectivity index (χ3v) is 3.63. The lowest BCUT2D eigenvalue weighted by Crippen LogP contribution is -2.61. The van der Waals surface area contributed by atoms with Gasteiger partial charge in [0.05, 0.1) is 13.1 Å². The highest BCUT2D eigenvalue weighted by molar-refractivity contribution is 6.22. The predicted molar refractivity (Wildman–Crippen MR) is 80.4 cm³/mol. The van der Waals surface area contributed by atoms with Crippen molar-refractivity contribution in [2.75, 3.05) is 27.2 Å². The fourth-order valence-corrected chi connectivity index (χ4v) is 2.56. The van der Waals surface area contributed by atoms with Gasteiger partial charge in [-0.05, 0) is 12.3 Å². The van der Waals surface area contributed by atoms with E-state index in [1.54, 1.807) is 7.05 Å². The first-order chi connectivity index (χ1) is 9.88. The zero-order valence-corrected chi connectivity index (χ0v) is 13.4. The van der Waals surface area contributed by atoms with Crippen LogP contribution in [0.1, 0.15) is 27.2 Å². The lowest BCUT2D eigenvalue weighted by Gasteiger charge is -2.32. The number of guanidine groups is 1. The Balaban J connectivity index is 2.39. The van der Waals surface area contributed by atoms with E-state index in [2.05, 4.69) is 31.1 Å². The molecule has 2 aliphatic rings. The van der Waals surface area contributed by atoms with Crippen molar-refractivity contribution in [1.29, 1.82) is 0 Å². The number of carbonyl (C=O) groups is 2. The summed E-state index contributed by atoms with van der Waals surface area (Å²) in [6.07, 6.45) is 0.969. The number of urea groups is 1. The van der Waals surface area contributed by atoms with E-state index in [-0.39, 0.29) is 11.9 Å². The Morgan fingerprint density at radius 1 is 1.29 bits per heavy atom. The summed E-state index contributed by atoms with van der Waals surface area (Å²) in [6, 6.07) is -0.837. The third-order valence-electron chi connectivity index (χ3n) is 3.63. The smallest absolute Gasteiger partial charge is 0.275 e. The minimum absolute atomic E-state index is 0.217. The summed E-state index contributed by atoms with van der Waals surface area (Å²) in [4.78, 5) is 31.6. The standard InChI is InChI=1S/C14H23N5O2/c1-6-7-15-13-16-11-10(19(13)8-9(2)3)12(20)18(5)14(21)17(11)4/h9-10H,6-8H2,1-5H3/p+1. The number of carbonyl (C=O) groups excluding carboxylic acids is 2. The monoisotopic (exact) mass is 294 g/mol. The number of likely N-dealkylation sites (N-methyl/N-ethyl adjacent to an activating group) is 2. The van der Waals surface area contributed by atoms with E-state index in [0.717, 1.165) is 13.0 Å². The van der Waals surface area contributed by atoms with Gasteiger partial charge in [-0.25, -0.2) is 9.37 Å². The quantitative estimate of drug-likeness (QED) is 0.759. The Morgan fingerprint density at radius 3 is 2.52 bits per heavy atom. The van der Waals surface area contributed by atoms with Crippen LogP contribution in [0.15, 0.2) is 4.99 Å². The van der Waals surface area contributed by atoms with E-state index in [1.165, 1.54) is 16.8 Å². The molecule has 0 radical (unpaired) electrons. The topological polar surface area (TPSA) is 68.0 Å². The van der Waals surface area contributed by atoms with Crippen molar-refractivity contribution < 1.29 is 14.2 Å². The van der Waals surface area contributed by atoms with Crippen LogP contribution in [0.25, 0.3) is 0 Å². The van der Waals surface area contributed by atoms with Crippen molar-refractivity contribution in [3.05, 3.63) is 0 Å². The molecule has 0 spiro atoms. The molecule has 2 aliphatic heterocycles. The number of amidine groups is 1. The first kappa shape index (κ1) is 15.5. The van der Waals surface area contributed by atoms with Gasteiger partial charge in [-0.3, -0.25) is 19.9 Å². The number of hydrogen-bond donors (Lipinski definition) is 1. The number of aliphatic imine (C=N–C) groups is 1. The van der Waals surface area contributed by atoms with Gasteiger partial charge in [0.25, 0.3) is 5.91 Å². The zero-order valence-electron chi connectivity index (χ0n) is 13.4. The molecule has 3 amide bonds. The van der Waals surface area contributed by atoms with E-state index in [0.29, 0.717) is 24.3 Å². The Labute approximate surface area is 125 Å². The van der Waals surface area contributed by atoms with Gasteiger partial charge < -0.3 is 0 Å². The van der Waals surface area contributed by atoms with Crippen LogP contribution in [-0.2, 0) is 4.79 Å². The number of nitrogens with zero attached hydrogens (tertiary/aromatic N) is 4. The second kappa shape index (κ2) is 5.83. The Kier molecular flexibility index (Phi) is 4.29. The van der Waals surface area contributed by atoms with Gasteiger partial charge in [0.1, 0.15) is 0 Å². The average molecular weight is 294 g/mol. The number of rotatable bonds is 4. The first-order valence-corrected chi connectivity index (χ1v) is 7.39. The molecule has 1 N–H and O–H groups in total. The highest BCUT2D eigenvalue weighted by Gasteiger charge is 2.51. The Bertz CT molecular complexity index is 523. The van der Waals surface area contributed by atoms with Crippen LogP contribution in [0.2, 0.25) is 0 Å². The van der Waals surface area contributed by atoms with E-state index < -0.39 is 6.04 Å². The first-order valence-electron chi connectivity index (χ1n) is 7.39. The van der Waals surface area contributed by atoms with Gasteiger partial charge in [-0.1, -0.05) is 25.8 Å². The van der Waals surface area contributed by atoms with Crippen molar-refractivity contribution in [3.8, 4) is 0 Å². The fraction of sp³-hybridized carbons (Fsp3) is 0.714. The van der Waals surface area contributed by atoms with Crippen molar-refractivity contribution >= 4 is 23.7 Å². The van der Waals surface area contributed by atoms with E-state index in [1.807, 2.05) is 4.58 Å². The van der Waals surface area contributed by atoms with E-state index in [4.69, 9.17) is 0 Å². The summed E-state index contributed by atoms with van der Waals surface area (Å²) >= 11 is 0. The second-order valence-electron chi connectivity index (χ2n) is 5.91. The van der Waals surface area contributed by atoms with Crippen LogP contribution in [0.3, 0.4) is 0 Å². The summed E-state index contributed by atoms with van der Waals surface area (Å²) < 4.78 is 1.97. The molecule has 1 saturated heterocycles. The molecular weight excluding hydrogens is 270 g/mol. The molecule has 1 atom stereocenters. The molecule has 0 bridgehead atoms. The lowest BCUT2D eigenvalue weighted by molar-refractivity contribution is -0.542. The normalized spacial score (nSPS) is 22.2. The van der Waals surface area contributed by atoms with Crippen molar-refractivity contribution in [2.45, 2.75) is 33.2 Å². The molecule has 0 aliphatic carbocycles. The van der Waals surface area contributed by atoms with Crippen LogP contribution < -0.4 is 5.32 Å². The molecule has 2 rings (SSSR count). The molecular formula is C14H24N5O2+. The molecule has 1 fully saturated rings. The maximum Gasteiger partial charge on any atom is 0.390 e. The van der Waals surface area contributed by atoms with Crippen LogP contribution in [0, 0.1) is 5.92 Å². The average Bonchev–Trinajstić information content (AvgIpc) is 2.78. The molecule has 2 heterocycles. The van der Waals surface area contributed by atoms with Crippen molar-refractivity contribution in [1.82, 2.24) is 15.1 Å². The van der Waals surface area contributed by atoms with Crippen LogP contribution in [0.4, 0.5) is 4.79 Å². The molecule has 0 aromatic heterocycles. The molecule has 116 valence electrons. The van der Waals surface area contributed by atoms with Gasteiger partial charge in [0, 0.05) is 14.1 Å². The molecule has 1 unspecified atom stereocenters. The minimum atomic E-state index is -0.501. The number of nitrogens with one attached hydrogen (secondary N) is 1. The maximum absolute atomic E-state index is 12.5. The van der Waals surface area contributed by atoms with Gasteiger partial charge in [-0.2, -0.15) is 0 Å². The second-order valence-corrected chi connectivity index (χ2v) is 5.91. The summed E-state index contributed by atoms with van der Waals surface area (Å²) in [5.74, 6) is 1.38. The van der Waals surface area contributed by atoms with Crippen LogP contribution >= 0.6 is 0 Å². The van der Waals surface area contributed by atoms with Crippen LogP contribution in [-0.4, -0.2) is 71.3 Å². The molecule has 0 aromatic carbocycles. The highest BCUT2D eigenvalue weighted by atomic mass is 16.2. The number of hydrogen-bond acceptors (Lipinski definition) is 4. The van der Waals surface area contributed by atoms with Crippen molar-refractivity contribution in [2.24, 2.45) is 10.9 Å². The number of fused-ring (bicyclic) bond motifs is 1. The molecule has 7 heteroatoms. The van der Waals surface area contributed by atoms with Gasteiger partial charge in [0.2, 0.25) is 11.9 Å². The van der Waals surface area contributed by atoms with Gasteiger partial charge in [0.15, 0.2) is 0 Å². The summed E-state index contributed by atoms with van der Waals surface area (Å²) in [5.41, 5.74) is 0. The minimum Gasteiger partial charge on any atom is -0.275 e. The van der Waals surface area contributed by atoms with Gasteiger partial charge >= 0.3 is 12.0 Å². The molecule has 7 nitrogen and oxygen atoms in total. The van der Waals surface area contributed by atoms with E-state index >= 15 is 0 Å². The summed E-state index contributed by atoms with van der Waals surface area (Å²) in [5, 5.41) is 3.26. The summed E-state index contributed by atoms with van der Waals surface area (Å²) in [6.45, 7) is 7.77. The fourth-order valence-electron chi connectivity index (χ4n) is 2.56. The third kappa shape index (κ3) is 2.64. The number of imide groups is 1. The highest BCUT2D eigenvalue weighted by Crippen LogP contribution is 2.19. The van der Waals surface area contributed by atoms with Crippen molar-refractivity contribution in [3.63, 3.8) is 0 Å². The van der Waals surface area contributed by atoms with Gasteiger partial charge in [-0.15, -0.1) is 0 Å². The zero-order chi connectivity index (χ0) is 15.7. The Morgan fingerprint density at radius 2 is 1.95 bits per heavy atom. The number of amides is 3. The molecule has 21 heavy (non-hydrogen) atoms. The molecule has 0 aromatic rings. The van der Waals surface area contributed by atoms with E-state index in [9.17, 15) is 9.59 Å². The Hall–Kier alpha value is -1.92.